The van der Waals surface area contributed by atoms with E-state index in [0.29, 0.717) is 16.6 Å². The lowest BCUT2D eigenvalue weighted by molar-refractivity contribution is -0.0327. The Morgan fingerprint density at radius 1 is 1.38 bits per heavy atom. The Kier molecular flexibility index (Phi) is 3.03. The van der Waals surface area contributed by atoms with Crippen LogP contribution in [0, 0.1) is 0 Å². The Labute approximate surface area is 98.2 Å². The number of benzene rings is 1. The van der Waals surface area contributed by atoms with E-state index >= 15 is 0 Å². The van der Waals surface area contributed by atoms with Crippen LogP contribution in [0.1, 0.15) is 5.56 Å². The Morgan fingerprint density at radius 2 is 2.12 bits per heavy atom. The Bertz CT molecular complexity index is 509. The number of hydrogen-bond acceptors (Lipinski definition) is 2. The first-order valence-corrected chi connectivity index (χ1v) is 5.62. The molecule has 2 aromatic rings. The number of aromatic nitrogens is 2. The van der Waals surface area contributed by atoms with Gasteiger partial charge in [0, 0.05) is 10.8 Å². The zero-order chi connectivity index (χ0) is 11.8. The highest BCUT2D eigenvalue weighted by Crippen LogP contribution is 2.40. The van der Waals surface area contributed by atoms with Crippen molar-refractivity contribution in [3.63, 3.8) is 0 Å². The van der Waals surface area contributed by atoms with Crippen molar-refractivity contribution in [2.24, 2.45) is 0 Å². The smallest absolute Gasteiger partial charge is 0.345 e. The highest BCUT2D eigenvalue weighted by atomic mass is 35.5. The lowest BCUT2D eigenvalue weighted by Crippen LogP contribution is -1.99. The van der Waals surface area contributed by atoms with Gasteiger partial charge < -0.3 is 4.98 Å². The van der Waals surface area contributed by atoms with Gasteiger partial charge in [-0.05, 0) is 29.5 Å². The highest BCUT2D eigenvalue weighted by Gasteiger charge is 2.30. The third-order valence-electron chi connectivity index (χ3n) is 1.93. The second-order valence-electron chi connectivity index (χ2n) is 3.07. The quantitative estimate of drug-likeness (QED) is 0.659. The van der Waals surface area contributed by atoms with Crippen LogP contribution in [0.4, 0.5) is 13.2 Å². The molecule has 0 saturated heterocycles. The largest absolute Gasteiger partial charge is 0.446 e. The number of thioether (sulfide) groups is 1. The topological polar surface area (TPSA) is 28.7 Å². The van der Waals surface area contributed by atoms with Crippen molar-refractivity contribution < 1.29 is 13.2 Å². The van der Waals surface area contributed by atoms with E-state index < -0.39 is 5.51 Å². The summed E-state index contributed by atoms with van der Waals surface area (Å²) in [7, 11) is 0. The summed E-state index contributed by atoms with van der Waals surface area (Å²) in [5, 5.41) is 0. The minimum absolute atomic E-state index is 0.0712. The van der Waals surface area contributed by atoms with Crippen molar-refractivity contribution in [1.82, 2.24) is 9.97 Å². The lowest BCUT2D eigenvalue weighted by Gasteiger charge is -2.07. The molecule has 86 valence electrons. The van der Waals surface area contributed by atoms with Crippen LogP contribution in [-0.2, 0) is 5.88 Å². The number of aromatic amines is 1. The van der Waals surface area contributed by atoms with Gasteiger partial charge >= 0.3 is 5.51 Å². The summed E-state index contributed by atoms with van der Waals surface area (Å²) < 4.78 is 36.9. The van der Waals surface area contributed by atoms with E-state index in [9.17, 15) is 13.2 Å². The average Bonchev–Trinajstić information content (AvgIpc) is 2.63. The number of H-pyrrole nitrogens is 1. The molecule has 0 aliphatic heterocycles. The summed E-state index contributed by atoms with van der Waals surface area (Å²) in [6, 6.07) is 3.10. The van der Waals surface area contributed by atoms with Gasteiger partial charge in [0.25, 0.3) is 0 Å². The third kappa shape index (κ3) is 2.44. The molecule has 2 rings (SSSR count). The molecule has 0 atom stereocenters. The standard InChI is InChI=1S/C9H6ClF3N2S/c10-3-5-1-6-8(15-4-14-6)7(2-5)16-9(11,12)13/h1-2,4H,3H2,(H,14,15). The molecule has 0 bridgehead atoms. The normalized spacial score (nSPS) is 12.2. The monoisotopic (exact) mass is 266 g/mol. The fraction of sp³-hybridized carbons (Fsp3) is 0.222. The van der Waals surface area contributed by atoms with Crippen molar-refractivity contribution in [3.8, 4) is 0 Å². The average molecular weight is 267 g/mol. The lowest BCUT2D eigenvalue weighted by atomic mass is 10.2. The minimum Gasteiger partial charge on any atom is -0.345 e. The summed E-state index contributed by atoms with van der Waals surface area (Å²) in [6.07, 6.45) is 1.36. The van der Waals surface area contributed by atoms with E-state index in [1.807, 2.05) is 0 Å². The zero-order valence-electron chi connectivity index (χ0n) is 7.81. The molecular weight excluding hydrogens is 261 g/mol. The number of nitrogens with one attached hydrogen (secondary N) is 1. The Hall–Kier alpha value is -0.880. The number of alkyl halides is 4. The predicted molar refractivity (Wildman–Crippen MR) is 57.6 cm³/mol. The van der Waals surface area contributed by atoms with Crippen molar-refractivity contribution in [2.75, 3.05) is 0 Å². The minimum atomic E-state index is -4.32. The van der Waals surface area contributed by atoms with Crippen LogP contribution >= 0.6 is 23.4 Å². The number of rotatable bonds is 2. The molecule has 0 radical (unpaired) electrons. The molecule has 1 heterocycles. The number of imidazole rings is 1. The van der Waals surface area contributed by atoms with E-state index in [1.165, 1.54) is 12.4 Å². The van der Waals surface area contributed by atoms with Crippen molar-refractivity contribution in [2.45, 2.75) is 16.3 Å². The van der Waals surface area contributed by atoms with Crippen LogP contribution in [0.2, 0.25) is 0 Å². The van der Waals surface area contributed by atoms with Gasteiger partial charge in [0.05, 0.1) is 11.8 Å². The number of fused-ring (bicyclic) bond motifs is 1. The van der Waals surface area contributed by atoms with Crippen LogP contribution in [-0.4, -0.2) is 15.5 Å². The van der Waals surface area contributed by atoms with Crippen LogP contribution < -0.4 is 0 Å². The number of nitrogens with zero attached hydrogens (tertiary/aromatic N) is 1. The van der Waals surface area contributed by atoms with E-state index in [0.717, 1.165) is 0 Å². The second kappa shape index (κ2) is 4.18. The van der Waals surface area contributed by atoms with Gasteiger partial charge in [-0.2, -0.15) is 13.2 Å². The molecule has 0 amide bonds. The molecule has 7 heteroatoms. The van der Waals surface area contributed by atoms with Crippen LogP contribution in [0.5, 0.6) is 0 Å². The first-order valence-electron chi connectivity index (χ1n) is 4.27. The highest BCUT2D eigenvalue weighted by molar-refractivity contribution is 8.00. The van der Waals surface area contributed by atoms with E-state index in [4.69, 9.17) is 11.6 Å². The van der Waals surface area contributed by atoms with Crippen LogP contribution in [0.15, 0.2) is 23.4 Å². The molecule has 2 nitrogen and oxygen atoms in total. The van der Waals surface area contributed by atoms with Crippen LogP contribution in [0.25, 0.3) is 11.0 Å². The molecule has 1 aromatic heterocycles. The molecule has 16 heavy (non-hydrogen) atoms. The summed E-state index contributed by atoms with van der Waals surface area (Å²) in [5.74, 6) is 0.167. The molecule has 0 aliphatic rings. The maximum absolute atomic E-state index is 12.3. The molecule has 0 spiro atoms. The van der Waals surface area contributed by atoms with Crippen LogP contribution in [0.3, 0.4) is 0 Å². The maximum Gasteiger partial charge on any atom is 0.446 e. The van der Waals surface area contributed by atoms with Gasteiger partial charge in [0.2, 0.25) is 0 Å². The van der Waals surface area contributed by atoms with E-state index in [2.05, 4.69) is 9.97 Å². The van der Waals surface area contributed by atoms with Crippen molar-refractivity contribution in [3.05, 3.63) is 24.0 Å². The molecule has 0 unspecified atom stereocenters. The molecule has 0 saturated carbocycles. The van der Waals surface area contributed by atoms with Gasteiger partial charge in [-0.15, -0.1) is 11.6 Å². The molecule has 1 aromatic carbocycles. The number of halogens is 4. The first kappa shape index (κ1) is 11.6. The number of hydrogen-bond donors (Lipinski definition) is 1. The summed E-state index contributed by atoms with van der Waals surface area (Å²) in [6.45, 7) is 0. The summed E-state index contributed by atoms with van der Waals surface area (Å²) >= 11 is 5.44. The van der Waals surface area contributed by atoms with Crippen molar-refractivity contribution >= 4 is 34.4 Å². The maximum atomic E-state index is 12.3. The van der Waals surface area contributed by atoms with Crippen molar-refractivity contribution in [1.29, 1.82) is 0 Å². The van der Waals surface area contributed by atoms with E-state index in [-0.39, 0.29) is 22.5 Å². The molecule has 0 aliphatic carbocycles. The molecule has 1 N–H and O–H groups in total. The van der Waals surface area contributed by atoms with Gasteiger partial charge in [-0.3, -0.25) is 0 Å². The van der Waals surface area contributed by atoms with Gasteiger partial charge in [-0.25, -0.2) is 4.98 Å². The van der Waals surface area contributed by atoms with Gasteiger partial charge in [-0.1, -0.05) is 0 Å². The molecular formula is C9H6ClF3N2S. The summed E-state index contributed by atoms with van der Waals surface area (Å²) in [4.78, 5) is 6.70. The Morgan fingerprint density at radius 3 is 2.75 bits per heavy atom. The first-order chi connectivity index (χ1) is 7.49. The fourth-order valence-corrected chi connectivity index (χ4v) is 2.23. The summed E-state index contributed by atoms with van der Waals surface area (Å²) in [5.41, 5.74) is -2.82. The molecule has 0 fully saturated rings. The third-order valence-corrected chi connectivity index (χ3v) is 3.00. The zero-order valence-corrected chi connectivity index (χ0v) is 9.38. The Balaban J connectivity index is 2.52. The predicted octanol–water partition coefficient (Wildman–Crippen LogP) is 3.91. The van der Waals surface area contributed by atoms with E-state index in [1.54, 1.807) is 6.07 Å². The fourth-order valence-electron chi connectivity index (χ4n) is 1.35. The van der Waals surface area contributed by atoms with Gasteiger partial charge in [0.1, 0.15) is 5.52 Å². The van der Waals surface area contributed by atoms with Gasteiger partial charge in [0.15, 0.2) is 0 Å². The second-order valence-corrected chi connectivity index (χ2v) is 4.45. The SMILES string of the molecule is FC(F)(F)Sc1cc(CCl)cc2[nH]cnc12.